The molecule has 0 spiro atoms. The number of anilines is 1. The number of hydrogen-bond acceptors (Lipinski definition) is 3. The van der Waals surface area contributed by atoms with Crippen LogP contribution in [0.25, 0.3) is 0 Å². The van der Waals surface area contributed by atoms with Gasteiger partial charge in [0.05, 0.1) is 6.54 Å². The molecule has 1 aromatic rings. The minimum absolute atomic E-state index is 0.0366. The molecule has 1 N–H and O–H groups in total. The fraction of sp³-hybridized carbons (Fsp3) is 0.273. The predicted molar refractivity (Wildman–Crippen MR) is 59.0 cm³/mol. The summed E-state index contributed by atoms with van der Waals surface area (Å²) < 4.78 is 0. The fourth-order valence-electron chi connectivity index (χ4n) is 1.23. The average Bonchev–Trinajstić information content (AvgIpc) is 2.17. The number of benzene rings is 1. The number of nitrogens with zero attached hydrogens (tertiary/aromatic N) is 1. The standard InChI is InChI=1S/C11H14N2O2/c1-13(2)7-11(15)9-4-3-5-10(6-9)12-8-14/h3-6,8H,7H2,1-2H3,(H,12,14). The SMILES string of the molecule is CN(C)CC(=O)c1cccc(NC=O)c1. The van der Waals surface area contributed by atoms with Crippen LogP contribution in [0.5, 0.6) is 0 Å². The lowest BCUT2D eigenvalue weighted by atomic mass is 10.1. The van der Waals surface area contributed by atoms with Crippen LogP contribution in [0.2, 0.25) is 0 Å². The van der Waals surface area contributed by atoms with Crippen molar-refractivity contribution < 1.29 is 9.59 Å². The van der Waals surface area contributed by atoms with Crippen molar-refractivity contribution in [2.45, 2.75) is 0 Å². The molecule has 0 fully saturated rings. The van der Waals surface area contributed by atoms with Crippen molar-refractivity contribution in [3.63, 3.8) is 0 Å². The van der Waals surface area contributed by atoms with E-state index in [0.717, 1.165) is 0 Å². The van der Waals surface area contributed by atoms with E-state index >= 15 is 0 Å². The lowest BCUT2D eigenvalue weighted by Crippen LogP contribution is -2.21. The summed E-state index contributed by atoms with van der Waals surface area (Å²) in [4.78, 5) is 23.7. The van der Waals surface area contributed by atoms with Gasteiger partial charge in [-0.15, -0.1) is 0 Å². The van der Waals surface area contributed by atoms with Crippen LogP contribution < -0.4 is 5.32 Å². The summed E-state index contributed by atoms with van der Waals surface area (Å²) in [6, 6.07) is 6.89. The van der Waals surface area contributed by atoms with Crippen LogP contribution in [-0.4, -0.2) is 37.7 Å². The molecule has 15 heavy (non-hydrogen) atoms. The van der Waals surface area contributed by atoms with Gasteiger partial charge in [-0.3, -0.25) is 9.59 Å². The Morgan fingerprint density at radius 2 is 2.20 bits per heavy atom. The van der Waals surface area contributed by atoms with E-state index in [1.54, 1.807) is 24.3 Å². The maximum absolute atomic E-state index is 11.7. The molecule has 1 amide bonds. The van der Waals surface area contributed by atoms with Crippen molar-refractivity contribution in [1.29, 1.82) is 0 Å². The van der Waals surface area contributed by atoms with Gasteiger partial charge in [0.2, 0.25) is 6.41 Å². The zero-order chi connectivity index (χ0) is 11.3. The van der Waals surface area contributed by atoms with E-state index in [9.17, 15) is 9.59 Å². The fourth-order valence-corrected chi connectivity index (χ4v) is 1.23. The number of amides is 1. The molecule has 0 aliphatic carbocycles. The van der Waals surface area contributed by atoms with E-state index in [1.165, 1.54) is 0 Å². The van der Waals surface area contributed by atoms with Crippen LogP contribution in [0.3, 0.4) is 0 Å². The van der Waals surface area contributed by atoms with Crippen molar-refractivity contribution >= 4 is 17.9 Å². The molecule has 0 aromatic heterocycles. The predicted octanol–water partition coefficient (Wildman–Crippen LogP) is 0.999. The molecule has 0 aliphatic heterocycles. The Hall–Kier alpha value is -1.68. The number of nitrogens with one attached hydrogen (secondary N) is 1. The Morgan fingerprint density at radius 1 is 1.47 bits per heavy atom. The summed E-state index contributed by atoms with van der Waals surface area (Å²) in [6.45, 7) is 0.366. The molecule has 4 heteroatoms. The zero-order valence-corrected chi connectivity index (χ0v) is 8.86. The van der Waals surface area contributed by atoms with E-state index in [0.29, 0.717) is 24.2 Å². The first-order valence-electron chi connectivity index (χ1n) is 4.61. The highest BCUT2D eigenvalue weighted by molar-refractivity contribution is 5.98. The average molecular weight is 206 g/mol. The normalized spacial score (nSPS) is 10.1. The number of carbonyl (C=O) groups is 2. The summed E-state index contributed by atoms with van der Waals surface area (Å²) in [6.07, 6.45) is 0.593. The quantitative estimate of drug-likeness (QED) is 0.577. The summed E-state index contributed by atoms with van der Waals surface area (Å²) in [5, 5.41) is 2.51. The van der Waals surface area contributed by atoms with Crippen molar-refractivity contribution in [1.82, 2.24) is 4.90 Å². The van der Waals surface area contributed by atoms with Gasteiger partial charge in [0, 0.05) is 11.3 Å². The minimum atomic E-state index is 0.0366. The molecule has 1 aromatic carbocycles. The molecular weight excluding hydrogens is 192 g/mol. The van der Waals surface area contributed by atoms with Crippen molar-refractivity contribution in [2.75, 3.05) is 26.0 Å². The van der Waals surface area contributed by atoms with E-state index < -0.39 is 0 Å². The molecule has 0 bridgehead atoms. The van der Waals surface area contributed by atoms with E-state index in [1.807, 2.05) is 19.0 Å². The zero-order valence-electron chi connectivity index (χ0n) is 8.86. The number of rotatable bonds is 5. The highest BCUT2D eigenvalue weighted by Crippen LogP contribution is 2.10. The smallest absolute Gasteiger partial charge is 0.211 e. The number of ketones is 1. The van der Waals surface area contributed by atoms with Crippen LogP contribution in [-0.2, 0) is 4.79 Å². The molecule has 4 nitrogen and oxygen atoms in total. The van der Waals surface area contributed by atoms with Gasteiger partial charge in [-0.1, -0.05) is 12.1 Å². The van der Waals surface area contributed by atoms with Crippen molar-refractivity contribution in [3.8, 4) is 0 Å². The molecule has 0 heterocycles. The Morgan fingerprint density at radius 3 is 2.80 bits per heavy atom. The second-order valence-corrected chi connectivity index (χ2v) is 3.50. The summed E-state index contributed by atoms with van der Waals surface area (Å²) in [7, 11) is 3.68. The second-order valence-electron chi connectivity index (χ2n) is 3.50. The first-order valence-corrected chi connectivity index (χ1v) is 4.61. The van der Waals surface area contributed by atoms with Crippen LogP contribution in [0.4, 0.5) is 5.69 Å². The molecule has 0 radical (unpaired) electrons. The summed E-state index contributed by atoms with van der Waals surface area (Å²) >= 11 is 0. The molecule has 0 saturated carbocycles. The molecule has 0 aliphatic rings. The molecular formula is C11H14N2O2. The van der Waals surface area contributed by atoms with Crippen LogP contribution in [0.15, 0.2) is 24.3 Å². The van der Waals surface area contributed by atoms with Crippen LogP contribution in [0, 0.1) is 0 Å². The van der Waals surface area contributed by atoms with Crippen molar-refractivity contribution in [3.05, 3.63) is 29.8 Å². The topological polar surface area (TPSA) is 49.4 Å². The van der Waals surface area contributed by atoms with Gasteiger partial charge in [-0.2, -0.15) is 0 Å². The molecule has 80 valence electrons. The molecule has 0 atom stereocenters. The Balaban J connectivity index is 2.80. The Kier molecular flexibility index (Phi) is 4.00. The lowest BCUT2D eigenvalue weighted by Gasteiger charge is -2.08. The maximum atomic E-state index is 11.7. The highest BCUT2D eigenvalue weighted by Gasteiger charge is 2.06. The minimum Gasteiger partial charge on any atom is -0.329 e. The number of Topliss-reactive ketones (excluding diaryl/α,β-unsaturated/α-hetero) is 1. The Labute approximate surface area is 88.9 Å². The highest BCUT2D eigenvalue weighted by atomic mass is 16.1. The van der Waals surface area contributed by atoms with Gasteiger partial charge < -0.3 is 10.2 Å². The van der Waals surface area contributed by atoms with E-state index in [4.69, 9.17) is 0 Å². The number of carbonyl (C=O) groups excluding carboxylic acids is 2. The van der Waals surface area contributed by atoms with Gasteiger partial charge in [0.1, 0.15) is 0 Å². The monoisotopic (exact) mass is 206 g/mol. The number of likely N-dealkylation sites (N-methyl/N-ethyl adjacent to an activating group) is 1. The van der Waals surface area contributed by atoms with Gasteiger partial charge in [0.15, 0.2) is 5.78 Å². The van der Waals surface area contributed by atoms with Gasteiger partial charge in [-0.25, -0.2) is 0 Å². The van der Waals surface area contributed by atoms with Gasteiger partial charge in [0.25, 0.3) is 0 Å². The summed E-state index contributed by atoms with van der Waals surface area (Å²) in [5.41, 5.74) is 1.24. The first-order chi connectivity index (χ1) is 7.13. The van der Waals surface area contributed by atoms with Gasteiger partial charge >= 0.3 is 0 Å². The first kappa shape index (κ1) is 11.4. The van der Waals surface area contributed by atoms with Crippen LogP contribution in [0.1, 0.15) is 10.4 Å². The number of hydrogen-bond donors (Lipinski definition) is 1. The van der Waals surface area contributed by atoms with Crippen molar-refractivity contribution in [2.24, 2.45) is 0 Å². The van der Waals surface area contributed by atoms with Gasteiger partial charge in [-0.05, 0) is 26.2 Å². The third-order valence-corrected chi connectivity index (χ3v) is 1.87. The van der Waals surface area contributed by atoms with E-state index in [2.05, 4.69) is 5.32 Å². The third-order valence-electron chi connectivity index (χ3n) is 1.87. The molecule has 0 unspecified atom stereocenters. The third kappa shape index (κ3) is 3.52. The molecule has 1 rings (SSSR count). The summed E-state index contributed by atoms with van der Waals surface area (Å²) in [5.74, 6) is 0.0366. The lowest BCUT2D eigenvalue weighted by molar-refractivity contribution is -0.105. The Bertz CT molecular complexity index is 361. The van der Waals surface area contributed by atoms with Crippen LogP contribution >= 0.6 is 0 Å². The molecule has 0 saturated heterocycles. The maximum Gasteiger partial charge on any atom is 0.211 e. The largest absolute Gasteiger partial charge is 0.329 e. The second kappa shape index (κ2) is 5.26. The van der Waals surface area contributed by atoms with E-state index in [-0.39, 0.29) is 5.78 Å².